The van der Waals surface area contributed by atoms with E-state index < -0.39 is 0 Å². The molecule has 28 heavy (non-hydrogen) atoms. The Balaban J connectivity index is 1.74. The third kappa shape index (κ3) is 4.75. The third-order valence-electron chi connectivity index (χ3n) is 4.51. The van der Waals surface area contributed by atoms with Gasteiger partial charge in [-0.25, -0.2) is 4.98 Å². The van der Waals surface area contributed by atoms with Gasteiger partial charge in [0.05, 0.1) is 10.2 Å². The zero-order valence-corrected chi connectivity index (χ0v) is 17.8. The fourth-order valence-corrected chi connectivity index (χ4v) is 3.45. The van der Waals surface area contributed by atoms with Crippen molar-refractivity contribution >= 4 is 44.0 Å². The summed E-state index contributed by atoms with van der Waals surface area (Å²) in [6.45, 7) is 10.5. The van der Waals surface area contributed by atoms with Crippen LogP contribution in [0.2, 0.25) is 0 Å². The van der Waals surface area contributed by atoms with Crippen molar-refractivity contribution < 1.29 is 4.79 Å². The molecule has 0 aliphatic rings. The molecule has 0 aliphatic heterocycles. The molecule has 0 aliphatic carbocycles. The first-order valence-corrected chi connectivity index (χ1v) is 10.2. The van der Waals surface area contributed by atoms with Crippen LogP contribution < -0.4 is 10.7 Å². The number of nitrogens with one attached hydrogen (secondary N) is 2. The van der Waals surface area contributed by atoms with Gasteiger partial charge in [0.2, 0.25) is 5.13 Å². The van der Waals surface area contributed by atoms with Crippen molar-refractivity contribution in [3.05, 3.63) is 53.6 Å². The average Bonchev–Trinajstić information content (AvgIpc) is 3.07. The van der Waals surface area contributed by atoms with Crippen LogP contribution in [0.15, 0.2) is 47.6 Å². The zero-order chi connectivity index (χ0) is 20.3. The molecule has 5 nitrogen and oxygen atoms in total. The van der Waals surface area contributed by atoms with E-state index in [1.807, 2.05) is 49.4 Å². The van der Waals surface area contributed by atoms with E-state index in [0.717, 1.165) is 33.2 Å². The van der Waals surface area contributed by atoms with Gasteiger partial charge in [-0.1, -0.05) is 51.2 Å². The summed E-state index contributed by atoms with van der Waals surface area (Å²) in [5.41, 5.74) is 7.56. The second kappa shape index (κ2) is 8.10. The standard InChI is InChI=1S/C22H26N4OS/c1-6-14(2)25-26-21-24-18-12-11-17(13-19(18)28-21)23-20(27)15-7-9-16(10-8-15)22(3,4)5/h7-13H,6H2,1-5H3,(H,23,27)(H,24,26)/b25-14-. The van der Waals surface area contributed by atoms with Gasteiger partial charge in [0.25, 0.3) is 5.91 Å². The normalized spacial score (nSPS) is 12.2. The van der Waals surface area contributed by atoms with E-state index in [4.69, 9.17) is 0 Å². The first-order valence-electron chi connectivity index (χ1n) is 9.38. The van der Waals surface area contributed by atoms with Gasteiger partial charge in [-0.2, -0.15) is 5.10 Å². The Hall–Kier alpha value is -2.73. The van der Waals surface area contributed by atoms with E-state index in [2.05, 4.69) is 48.5 Å². The third-order valence-corrected chi connectivity index (χ3v) is 5.44. The Morgan fingerprint density at radius 2 is 1.86 bits per heavy atom. The number of rotatable bonds is 5. The smallest absolute Gasteiger partial charge is 0.255 e. The van der Waals surface area contributed by atoms with E-state index in [-0.39, 0.29) is 11.3 Å². The Bertz CT molecular complexity index is 1010. The summed E-state index contributed by atoms with van der Waals surface area (Å²) in [4.78, 5) is 17.1. The number of hydrazone groups is 1. The molecule has 0 radical (unpaired) electrons. The van der Waals surface area contributed by atoms with Crippen LogP contribution in [0, 0.1) is 0 Å². The van der Waals surface area contributed by atoms with Crippen molar-refractivity contribution in [3.8, 4) is 0 Å². The monoisotopic (exact) mass is 394 g/mol. The van der Waals surface area contributed by atoms with Crippen molar-refractivity contribution in [1.29, 1.82) is 0 Å². The molecule has 6 heteroatoms. The van der Waals surface area contributed by atoms with Gasteiger partial charge in [-0.15, -0.1) is 0 Å². The van der Waals surface area contributed by atoms with Crippen LogP contribution in [0.4, 0.5) is 10.8 Å². The lowest BCUT2D eigenvalue weighted by Crippen LogP contribution is -2.14. The van der Waals surface area contributed by atoms with Gasteiger partial charge in [0, 0.05) is 17.0 Å². The molecule has 1 heterocycles. The van der Waals surface area contributed by atoms with Gasteiger partial charge in [0.15, 0.2) is 0 Å². The molecule has 0 unspecified atom stereocenters. The van der Waals surface area contributed by atoms with Crippen molar-refractivity contribution in [2.75, 3.05) is 10.7 Å². The largest absolute Gasteiger partial charge is 0.322 e. The molecule has 0 spiro atoms. The number of nitrogens with zero attached hydrogens (tertiary/aromatic N) is 2. The molecule has 1 aromatic heterocycles. The molecule has 1 amide bonds. The number of carbonyl (C=O) groups is 1. The highest BCUT2D eigenvalue weighted by atomic mass is 32.1. The van der Waals surface area contributed by atoms with Crippen molar-refractivity contribution in [2.24, 2.45) is 5.10 Å². The zero-order valence-electron chi connectivity index (χ0n) is 17.0. The lowest BCUT2D eigenvalue weighted by molar-refractivity contribution is 0.102. The minimum absolute atomic E-state index is 0.0671. The van der Waals surface area contributed by atoms with Gasteiger partial charge < -0.3 is 5.32 Å². The van der Waals surface area contributed by atoms with Crippen LogP contribution in [0.3, 0.4) is 0 Å². The van der Waals surface area contributed by atoms with E-state index in [1.54, 1.807) is 0 Å². The van der Waals surface area contributed by atoms with Gasteiger partial charge in [0.1, 0.15) is 0 Å². The lowest BCUT2D eigenvalue weighted by Gasteiger charge is -2.19. The molecule has 2 aromatic carbocycles. The van der Waals surface area contributed by atoms with Crippen LogP contribution in [0.1, 0.15) is 57.0 Å². The van der Waals surface area contributed by atoms with Crippen LogP contribution in [0.5, 0.6) is 0 Å². The number of benzene rings is 2. The second-order valence-corrected chi connectivity index (χ2v) is 8.83. The van der Waals surface area contributed by atoms with Gasteiger partial charge in [-0.3, -0.25) is 10.2 Å². The lowest BCUT2D eigenvalue weighted by atomic mass is 9.87. The summed E-state index contributed by atoms with van der Waals surface area (Å²) < 4.78 is 0.993. The first kappa shape index (κ1) is 20.0. The number of amides is 1. The number of carbonyl (C=O) groups excluding carboxylic acids is 1. The molecule has 0 saturated carbocycles. The first-order chi connectivity index (χ1) is 13.3. The van der Waals surface area contributed by atoms with Crippen LogP contribution in [-0.4, -0.2) is 16.6 Å². The predicted octanol–water partition coefficient (Wildman–Crippen LogP) is 6.04. The molecule has 3 aromatic rings. The summed E-state index contributed by atoms with van der Waals surface area (Å²) in [6.07, 6.45) is 0.894. The minimum Gasteiger partial charge on any atom is -0.322 e. The molecule has 0 fully saturated rings. The summed E-state index contributed by atoms with van der Waals surface area (Å²) >= 11 is 1.51. The maximum Gasteiger partial charge on any atom is 0.255 e. The van der Waals surface area contributed by atoms with E-state index in [0.29, 0.717) is 5.56 Å². The number of hydrogen-bond donors (Lipinski definition) is 2. The quantitative estimate of drug-likeness (QED) is 0.409. The van der Waals surface area contributed by atoms with E-state index >= 15 is 0 Å². The maximum absolute atomic E-state index is 12.6. The van der Waals surface area contributed by atoms with Crippen molar-refractivity contribution in [1.82, 2.24) is 4.98 Å². The minimum atomic E-state index is -0.120. The molecular weight excluding hydrogens is 368 g/mol. The topological polar surface area (TPSA) is 66.4 Å². The van der Waals surface area contributed by atoms with E-state index in [1.165, 1.54) is 16.9 Å². The molecule has 0 bridgehead atoms. The second-order valence-electron chi connectivity index (χ2n) is 7.80. The number of fused-ring (bicyclic) bond motifs is 1. The van der Waals surface area contributed by atoms with Crippen molar-refractivity contribution in [2.45, 2.75) is 46.5 Å². The Labute approximate surface area is 169 Å². The summed E-state index contributed by atoms with van der Waals surface area (Å²) in [5, 5.41) is 8.00. The SMILES string of the molecule is CC/C(C)=N\Nc1nc2ccc(NC(=O)c3ccc(C(C)(C)C)cc3)cc2s1. The Morgan fingerprint density at radius 3 is 2.50 bits per heavy atom. The highest BCUT2D eigenvalue weighted by Crippen LogP contribution is 2.29. The van der Waals surface area contributed by atoms with E-state index in [9.17, 15) is 4.79 Å². The average molecular weight is 395 g/mol. The fourth-order valence-electron chi connectivity index (χ4n) is 2.60. The number of thiazole rings is 1. The van der Waals surface area contributed by atoms with Gasteiger partial charge in [-0.05, 0) is 54.7 Å². The molecule has 0 saturated heterocycles. The fraction of sp³-hybridized carbons (Fsp3) is 0.318. The van der Waals surface area contributed by atoms with Crippen LogP contribution >= 0.6 is 11.3 Å². The van der Waals surface area contributed by atoms with Crippen LogP contribution in [-0.2, 0) is 5.41 Å². The molecule has 0 atom stereocenters. The van der Waals surface area contributed by atoms with Gasteiger partial charge >= 0.3 is 0 Å². The highest BCUT2D eigenvalue weighted by Gasteiger charge is 2.14. The highest BCUT2D eigenvalue weighted by molar-refractivity contribution is 7.22. The number of aromatic nitrogens is 1. The molecule has 146 valence electrons. The maximum atomic E-state index is 12.6. The van der Waals surface area contributed by atoms with Crippen LogP contribution in [0.25, 0.3) is 10.2 Å². The predicted molar refractivity (Wildman–Crippen MR) is 120 cm³/mol. The molecule has 3 rings (SSSR count). The molecular formula is C22H26N4OS. The Morgan fingerprint density at radius 1 is 1.14 bits per heavy atom. The summed E-state index contributed by atoms with van der Waals surface area (Å²) in [5.74, 6) is -0.120. The summed E-state index contributed by atoms with van der Waals surface area (Å²) in [6, 6.07) is 13.5. The Kier molecular flexibility index (Phi) is 5.79. The number of anilines is 2. The number of hydrogen-bond acceptors (Lipinski definition) is 5. The molecule has 2 N–H and O–H groups in total. The summed E-state index contributed by atoms with van der Waals surface area (Å²) in [7, 11) is 0. The van der Waals surface area contributed by atoms with Crippen molar-refractivity contribution in [3.63, 3.8) is 0 Å².